The standard InChI is InChI=1S/C15H33N3/c1-6-18(14(4)5)15(12-16)8-7-10-17(11-9-15)13(2)3/h13-14H,6-12,16H2,1-5H3. The smallest absolute Gasteiger partial charge is 0.0346 e. The summed E-state index contributed by atoms with van der Waals surface area (Å²) in [7, 11) is 0. The highest BCUT2D eigenvalue weighted by atomic mass is 15.2. The molecule has 0 spiro atoms. The van der Waals surface area contributed by atoms with Gasteiger partial charge < -0.3 is 10.6 Å². The van der Waals surface area contributed by atoms with Crippen molar-refractivity contribution in [2.75, 3.05) is 26.2 Å². The van der Waals surface area contributed by atoms with Crippen LogP contribution in [0.5, 0.6) is 0 Å². The zero-order valence-corrected chi connectivity index (χ0v) is 13.1. The Hall–Kier alpha value is -0.120. The first-order valence-electron chi connectivity index (χ1n) is 7.67. The van der Waals surface area contributed by atoms with Crippen LogP contribution in [0, 0.1) is 0 Å². The van der Waals surface area contributed by atoms with Gasteiger partial charge in [0.25, 0.3) is 0 Å². The average molecular weight is 255 g/mol. The Morgan fingerprint density at radius 3 is 2.28 bits per heavy atom. The van der Waals surface area contributed by atoms with Gasteiger partial charge in [0, 0.05) is 30.7 Å². The van der Waals surface area contributed by atoms with Crippen LogP contribution in [-0.4, -0.2) is 53.6 Å². The van der Waals surface area contributed by atoms with Gasteiger partial charge in [0.1, 0.15) is 0 Å². The number of likely N-dealkylation sites (tertiary alicyclic amines) is 1. The number of likely N-dealkylation sites (N-methyl/N-ethyl adjacent to an activating group) is 1. The lowest BCUT2D eigenvalue weighted by atomic mass is 9.87. The molecule has 1 atom stereocenters. The van der Waals surface area contributed by atoms with Crippen molar-refractivity contribution < 1.29 is 0 Å². The van der Waals surface area contributed by atoms with E-state index < -0.39 is 0 Å². The van der Waals surface area contributed by atoms with Crippen LogP contribution >= 0.6 is 0 Å². The lowest BCUT2D eigenvalue weighted by molar-refractivity contribution is 0.0527. The van der Waals surface area contributed by atoms with E-state index in [9.17, 15) is 0 Å². The molecule has 0 aromatic heterocycles. The van der Waals surface area contributed by atoms with Gasteiger partial charge >= 0.3 is 0 Å². The predicted molar refractivity (Wildman–Crippen MR) is 79.9 cm³/mol. The summed E-state index contributed by atoms with van der Waals surface area (Å²) in [5.41, 5.74) is 6.41. The van der Waals surface area contributed by atoms with Gasteiger partial charge in [0.2, 0.25) is 0 Å². The van der Waals surface area contributed by atoms with Crippen LogP contribution in [0.3, 0.4) is 0 Å². The van der Waals surface area contributed by atoms with Gasteiger partial charge in [-0.25, -0.2) is 0 Å². The predicted octanol–water partition coefficient (Wildman–Crippen LogP) is 2.31. The molecule has 1 saturated heterocycles. The first-order chi connectivity index (χ1) is 8.46. The van der Waals surface area contributed by atoms with E-state index in [4.69, 9.17) is 5.73 Å². The monoisotopic (exact) mass is 255 g/mol. The maximum Gasteiger partial charge on any atom is 0.0346 e. The Balaban J connectivity index is 2.81. The van der Waals surface area contributed by atoms with Crippen molar-refractivity contribution in [2.45, 2.75) is 71.5 Å². The van der Waals surface area contributed by atoms with Crippen molar-refractivity contribution in [2.24, 2.45) is 5.73 Å². The Morgan fingerprint density at radius 1 is 1.17 bits per heavy atom. The quantitative estimate of drug-likeness (QED) is 0.818. The van der Waals surface area contributed by atoms with Crippen LogP contribution in [0.4, 0.5) is 0 Å². The van der Waals surface area contributed by atoms with E-state index in [2.05, 4.69) is 44.4 Å². The van der Waals surface area contributed by atoms with Gasteiger partial charge in [-0.3, -0.25) is 4.90 Å². The molecule has 0 saturated carbocycles. The van der Waals surface area contributed by atoms with Gasteiger partial charge in [0.05, 0.1) is 0 Å². The number of nitrogens with two attached hydrogens (primary N) is 1. The minimum Gasteiger partial charge on any atom is -0.329 e. The molecular weight excluding hydrogens is 222 g/mol. The molecule has 0 aromatic carbocycles. The maximum atomic E-state index is 6.18. The van der Waals surface area contributed by atoms with Gasteiger partial charge in [0.15, 0.2) is 0 Å². The molecule has 1 fully saturated rings. The number of hydrogen-bond acceptors (Lipinski definition) is 3. The van der Waals surface area contributed by atoms with Crippen molar-refractivity contribution in [1.82, 2.24) is 9.80 Å². The molecule has 1 rings (SSSR count). The van der Waals surface area contributed by atoms with Gasteiger partial charge in [-0.15, -0.1) is 0 Å². The third-order valence-electron chi connectivity index (χ3n) is 4.64. The molecule has 0 aliphatic carbocycles. The fourth-order valence-corrected chi connectivity index (χ4v) is 3.57. The van der Waals surface area contributed by atoms with E-state index in [1.54, 1.807) is 0 Å². The summed E-state index contributed by atoms with van der Waals surface area (Å²) in [6.07, 6.45) is 3.74. The summed E-state index contributed by atoms with van der Waals surface area (Å²) in [6.45, 7) is 15.8. The van der Waals surface area contributed by atoms with Crippen molar-refractivity contribution in [1.29, 1.82) is 0 Å². The van der Waals surface area contributed by atoms with Crippen LogP contribution in [0.15, 0.2) is 0 Å². The minimum atomic E-state index is 0.229. The zero-order chi connectivity index (χ0) is 13.8. The summed E-state index contributed by atoms with van der Waals surface area (Å²) in [4.78, 5) is 5.22. The van der Waals surface area contributed by atoms with E-state index in [0.29, 0.717) is 12.1 Å². The van der Waals surface area contributed by atoms with E-state index in [1.165, 1.54) is 32.4 Å². The first kappa shape index (κ1) is 15.9. The third-order valence-corrected chi connectivity index (χ3v) is 4.64. The second kappa shape index (κ2) is 6.88. The third kappa shape index (κ3) is 3.46. The molecule has 0 aromatic rings. The Bertz CT molecular complexity index is 240. The van der Waals surface area contributed by atoms with Crippen LogP contribution in [0.2, 0.25) is 0 Å². The fourth-order valence-electron chi connectivity index (χ4n) is 3.57. The Kier molecular flexibility index (Phi) is 6.09. The number of rotatable bonds is 5. The van der Waals surface area contributed by atoms with Crippen LogP contribution < -0.4 is 5.73 Å². The minimum absolute atomic E-state index is 0.229. The van der Waals surface area contributed by atoms with Crippen LogP contribution in [0.1, 0.15) is 53.9 Å². The largest absolute Gasteiger partial charge is 0.329 e. The molecule has 18 heavy (non-hydrogen) atoms. The summed E-state index contributed by atoms with van der Waals surface area (Å²) in [5, 5.41) is 0. The molecule has 0 amide bonds. The molecule has 2 N–H and O–H groups in total. The maximum absolute atomic E-state index is 6.18. The molecule has 0 radical (unpaired) electrons. The average Bonchev–Trinajstić information content (AvgIpc) is 2.53. The summed E-state index contributed by atoms with van der Waals surface area (Å²) < 4.78 is 0. The highest BCUT2D eigenvalue weighted by Gasteiger charge is 2.37. The Labute approximate surface area is 114 Å². The summed E-state index contributed by atoms with van der Waals surface area (Å²) in [5.74, 6) is 0. The molecule has 108 valence electrons. The van der Waals surface area contributed by atoms with Gasteiger partial charge in [-0.2, -0.15) is 0 Å². The second-order valence-electron chi connectivity index (χ2n) is 6.29. The fraction of sp³-hybridized carbons (Fsp3) is 1.00. The van der Waals surface area contributed by atoms with E-state index in [0.717, 1.165) is 13.1 Å². The van der Waals surface area contributed by atoms with Crippen molar-refractivity contribution in [3.63, 3.8) is 0 Å². The molecule has 0 bridgehead atoms. The van der Waals surface area contributed by atoms with Crippen molar-refractivity contribution >= 4 is 0 Å². The van der Waals surface area contributed by atoms with Crippen LogP contribution in [0.25, 0.3) is 0 Å². The van der Waals surface area contributed by atoms with Crippen molar-refractivity contribution in [3.8, 4) is 0 Å². The number of hydrogen-bond donors (Lipinski definition) is 1. The van der Waals surface area contributed by atoms with Gasteiger partial charge in [-0.1, -0.05) is 6.92 Å². The first-order valence-corrected chi connectivity index (χ1v) is 7.67. The van der Waals surface area contributed by atoms with Crippen molar-refractivity contribution in [3.05, 3.63) is 0 Å². The molecule has 1 aliphatic heterocycles. The lowest BCUT2D eigenvalue weighted by Gasteiger charge is -2.45. The van der Waals surface area contributed by atoms with E-state index in [-0.39, 0.29) is 5.54 Å². The number of nitrogens with zero attached hydrogens (tertiary/aromatic N) is 2. The SMILES string of the molecule is CCN(C(C)C)C1(CN)CCCN(C(C)C)CC1. The van der Waals surface area contributed by atoms with E-state index in [1.807, 2.05) is 0 Å². The van der Waals surface area contributed by atoms with Crippen LogP contribution in [-0.2, 0) is 0 Å². The second-order valence-corrected chi connectivity index (χ2v) is 6.29. The topological polar surface area (TPSA) is 32.5 Å². The molecule has 1 aliphatic rings. The highest BCUT2D eigenvalue weighted by Crippen LogP contribution is 2.30. The zero-order valence-electron chi connectivity index (χ0n) is 13.1. The van der Waals surface area contributed by atoms with E-state index >= 15 is 0 Å². The van der Waals surface area contributed by atoms with Gasteiger partial charge in [-0.05, 0) is 60.0 Å². The highest BCUT2D eigenvalue weighted by molar-refractivity contribution is 4.95. The normalized spacial score (nSPS) is 27.2. The lowest BCUT2D eigenvalue weighted by Crippen LogP contribution is -2.57. The molecule has 3 heteroatoms. The molecule has 3 nitrogen and oxygen atoms in total. The Morgan fingerprint density at radius 2 is 1.83 bits per heavy atom. The summed E-state index contributed by atoms with van der Waals surface area (Å²) in [6, 6.07) is 1.25. The molecular formula is C15H33N3. The summed E-state index contributed by atoms with van der Waals surface area (Å²) >= 11 is 0. The molecule has 1 heterocycles. The molecule has 1 unspecified atom stereocenters.